The zero-order valence-electron chi connectivity index (χ0n) is 9.53. The molecule has 0 fully saturated rings. The van der Waals surface area contributed by atoms with E-state index in [1.165, 1.54) is 42.6 Å². The van der Waals surface area contributed by atoms with E-state index < -0.39 is 0 Å². The molecule has 3 heteroatoms. The Morgan fingerprint density at radius 2 is 2.12 bits per heavy atom. The molecule has 1 aromatic carbocycles. The van der Waals surface area contributed by atoms with Crippen LogP contribution in [0.15, 0.2) is 18.2 Å². The van der Waals surface area contributed by atoms with Gasteiger partial charge in [-0.25, -0.2) is 0 Å². The van der Waals surface area contributed by atoms with Crippen molar-refractivity contribution >= 4 is 21.6 Å². The Hall–Kier alpha value is -1.09. The number of rotatable bonds is 5. The van der Waals surface area contributed by atoms with Crippen LogP contribution in [0.5, 0.6) is 5.19 Å². The van der Waals surface area contributed by atoms with Gasteiger partial charge in [-0.05, 0) is 24.5 Å². The van der Waals surface area contributed by atoms with Crippen molar-refractivity contribution in [3.63, 3.8) is 0 Å². The number of hydrogen-bond acceptors (Lipinski definition) is 2. The summed E-state index contributed by atoms with van der Waals surface area (Å²) in [6.07, 6.45) is 6.11. The minimum absolute atomic E-state index is 0.0731. The third-order valence-corrected chi connectivity index (χ3v) is 3.72. The zero-order chi connectivity index (χ0) is 11.4. The van der Waals surface area contributed by atoms with Gasteiger partial charge in [-0.3, -0.25) is 5.11 Å². The Balaban J connectivity index is 2.11. The molecule has 0 atom stereocenters. The van der Waals surface area contributed by atoms with Crippen LogP contribution >= 0.6 is 11.3 Å². The summed E-state index contributed by atoms with van der Waals surface area (Å²) in [5, 5.41) is 11.2. The lowest BCUT2D eigenvalue weighted by Gasteiger charge is -2.01. The summed E-state index contributed by atoms with van der Waals surface area (Å²) in [6.45, 7) is 2.22. The number of fused-ring (bicyclic) bond motifs is 1. The van der Waals surface area contributed by atoms with Gasteiger partial charge in [0.2, 0.25) is 0 Å². The molecule has 2 rings (SSSR count). The van der Waals surface area contributed by atoms with Gasteiger partial charge in [0.05, 0.1) is 10.2 Å². The highest BCUT2D eigenvalue weighted by molar-refractivity contribution is 7.20. The summed E-state index contributed by atoms with van der Waals surface area (Å²) >= 11 is 1.28. The van der Waals surface area contributed by atoms with Gasteiger partial charge in [-0.15, -0.1) is 0 Å². The Morgan fingerprint density at radius 1 is 1.25 bits per heavy atom. The van der Waals surface area contributed by atoms with E-state index in [2.05, 4.69) is 18.0 Å². The van der Waals surface area contributed by atoms with E-state index in [9.17, 15) is 5.11 Å². The first-order chi connectivity index (χ1) is 7.81. The summed E-state index contributed by atoms with van der Waals surface area (Å²) in [6, 6.07) is 6.03. The van der Waals surface area contributed by atoms with Crippen molar-refractivity contribution in [3.8, 4) is 5.19 Å². The number of benzene rings is 1. The van der Waals surface area contributed by atoms with Crippen LogP contribution < -0.4 is 0 Å². The summed E-state index contributed by atoms with van der Waals surface area (Å²) in [5.74, 6) is 0. The molecular weight excluding hydrogens is 218 g/mol. The van der Waals surface area contributed by atoms with E-state index in [-0.39, 0.29) is 5.19 Å². The monoisotopic (exact) mass is 234 g/mol. The lowest BCUT2D eigenvalue weighted by Crippen LogP contribution is -1.86. The van der Waals surface area contributed by atoms with E-state index in [0.717, 1.165) is 16.6 Å². The third kappa shape index (κ3) is 2.53. The summed E-state index contributed by atoms with van der Waals surface area (Å²) in [4.78, 5) is 3.98. The molecule has 1 radical (unpaired) electrons. The van der Waals surface area contributed by atoms with Crippen molar-refractivity contribution in [3.05, 3.63) is 23.8 Å². The fourth-order valence-electron chi connectivity index (χ4n) is 1.92. The Bertz CT molecular complexity index is 464. The Kier molecular flexibility index (Phi) is 3.78. The van der Waals surface area contributed by atoms with Crippen LogP contribution in [0.3, 0.4) is 0 Å². The van der Waals surface area contributed by atoms with Gasteiger partial charge in [0.15, 0.2) is 0 Å². The summed E-state index contributed by atoms with van der Waals surface area (Å²) in [5.41, 5.74) is 2.15. The molecular formula is C13H16NOS. The van der Waals surface area contributed by atoms with Gasteiger partial charge in [0.25, 0.3) is 0 Å². The number of hydrogen-bond donors (Lipinski definition) is 0. The molecule has 0 spiro atoms. The summed E-state index contributed by atoms with van der Waals surface area (Å²) in [7, 11) is 0. The lowest BCUT2D eigenvalue weighted by molar-refractivity contribution is 0.353. The van der Waals surface area contributed by atoms with Crippen LogP contribution in [0.4, 0.5) is 0 Å². The molecule has 0 aliphatic heterocycles. The first kappa shape index (κ1) is 11.4. The normalized spacial score (nSPS) is 11.1. The SMILES string of the molecule is CCCCCCc1cccc2nc([O])sc12. The second-order valence-electron chi connectivity index (χ2n) is 4.06. The average Bonchev–Trinajstić information content (AvgIpc) is 2.65. The number of thiazole rings is 1. The smallest absolute Gasteiger partial charge is 0.255 e. The second kappa shape index (κ2) is 5.30. The molecule has 16 heavy (non-hydrogen) atoms. The molecule has 2 aromatic rings. The highest BCUT2D eigenvalue weighted by atomic mass is 32.1. The maximum absolute atomic E-state index is 11.2. The summed E-state index contributed by atoms with van der Waals surface area (Å²) < 4.78 is 1.09. The largest absolute Gasteiger partial charge is 0.327 e. The van der Waals surface area contributed by atoms with Crippen LogP contribution in [0.25, 0.3) is 10.2 Å². The van der Waals surface area contributed by atoms with Crippen LogP contribution in [0, 0.1) is 0 Å². The lowest BCUT2D eigenvalue weighted by atomic mass is 10.1. The maximum atomic E-state index is 11.2. The van der Waals surface area contributed by atoms with Gasteiger partial charge in [-0.2, -0.15) is 4.98 Å². The van der Waals surface area contributed by atoms with Crippen molar-refractivity contribution in [2.24, 2.45) is 0 Å². The molecule has 0 amide bonds. The third-order valence-electron chi connectivity index (χ3n) is 2.78. The van der Waals surface area contributed by atoms with Crippen molar-refractivity contribution in [2.75, 3.05) is 0 Å². The van der Waals surface area contributed by atoms with Gasteiger partial charge >= 0.3 is 5.19 Å². The van der Waals surface area contributed by atoms with E-state index in [0.29, 0.717) is 0 Å². The average molecular weight is 234 g/mol. The molecule has 0 N–H and O–H groups in total. The standard InChI is InChI=1S/C13H16NOS/c1-2-3-4-5-7-10-8-6-9-11-12(10)16-13(15)14-11/h6,8-9H,2-5,7H2,1H3. The van der Waals surface area contributed by atoms with E-state index in [1.807, 2.05) is 12.1 Å². The number of aryl methyl sites for hydroxylation is 1. The molecule has 1 heterocycles. The Morgan fingerprint density at radius 3 is 2.94 bits per heavy atom. The first-order valence-electron chi connectivity index (χ1n) is 5.86. The van der Waals surface area contributed by atoms with E-state index >= 15 is 0 Å². The van der Waals surface area contributed by atoms with Crippen LogP contribution in [-0.4, -0.2) is 4.98 Å². The van der Waals surface area contributed by atoms with E-state index in [4.69, 9.17) is 0 Å². The minimum Gasteiger partial charge on any atom is -0.255 e. The molecule has 0 saturated heterocycles. The second-order valence-corrected chi connectivity index (χ2v) is 5.02. The molecule has 0 saturated carbocycles. The van der Waals surface area contributed by atoms with Crippen molar-refractivity contribution in [1.29, 1.82) is 0 Å². The van der Waals surface area contributed by atoms with Gasteiger partial charge < -0.3 is 0 Å². The fourth-order valence-corrected chi connectivity index (χ4v) is 2.76. The Labute approximate surface area is 100.0 Å². The predicted octanol–water partition coefficient (Wildman–Crippen LogP) is 4.56. The molecule has 0 bridgehead atoms. The minimum atomic E-state index is -0.0731. The van der Waals surface area contributed by atoms with Gasteiger partial charge in [-0.1, -0.05) is 49.7 Å². The highest BCUT2D eigenvalue weighted by Crippen LogP contribution is 2.30. The van der Waals surface area contributed by atoms with Crippen LogP contribution in [0.1, 0.15) is 38.2 Å². The van der Waals surface area contributed by atoms with Crippen molar-refractivity contribution in [2.45, 2.75) is 39.0 Å². The molecule has 2 nitrogen and oxygen atoms in total. The van der Waals surface area contributed by atoms with Crippen molar-refractivity contribution < 1.29 is 5.11 Å². The molecule has 0 unspecified atom stereocenters. The number of aromatic nitrogens is 1. The van der Waals surface area contributed by atoms with Gasteiger partial charge in [0, 0.05) is 0 Å². The molecule has 1 aromatic heterocycles. The quantitative estimate of drug-likeness (QED) is 0.698. The van der Waals surface area contributed by atoms with E-state index in [1.54, 1.807) is 0 Å². The fraction of sp³-hybridized carbons (Fsp3) is 0.462. The first-order valence-corrected chi connectivity index (χ1v) is 6.68. The predicted molar refractivity (Wildman–Crippen MR) is 67.6 cm³/mol. The molecule has 0 aliphatic rings. The maximum Gasteiger partial charge on any atom is 0.327 e. The molecule has 85 valence electrons. The number of unbranched alkanes of at least 4 members (excludes halogenated alkanes) is 3. The zero-order valence-corrected chi connectivity index (χ0v) is 10.3. The molecule has 0 aliphatic carbocycles. The van der Waals surface area contributed by atoms with Crippen LogP contribution in [-0.2, 0) is 11.5 Å². The van der Waals surface area contributed by atoms with Gasteiger partial charge in [0.1, 0.15) is 0 Å². The highest BCUT2D eigenvalue weighted by Gasteiger charge is 2.07. The number of nitrogens with zero attached hydrogens (tertiary/aromatic N) is 1. The van der Waals surface area contributed by atoms with Crippen molar-refractivity contribution in [1.82, 2.24) is 4.98 Å². The van der Waals surface area contributed by atoms with Crippen LogP contribution in [0.2, 0.25) is 0 Å². The topological polar surface area (TPSA) is 32.8 Å².